The number of hydrogen-bond acceptors (Lipinski definition) is 2. The van der Waals surface area contributed by atoms with E-state index in [2.05, 4.69) is 5.32 Å². The van der Waals surface area contributed by atoms with Crippen molar-refractivity contribution in [2.45, 2.75) is 25.9 Å². The van der Waals surface area contributed by atoms with Crippen molar-refractivity contribution >= 4 is 11.6 Å². The van der Waals surface area contributed by atoms with E-state index in [-0.39, 0.29) is 11.7 Å². The van der Waals surface area contributed by atoms with Gasteiger partial charge in [0, 0.05) is 11.8 Å². The molecule has 1 N–H and O–H groups in total. The van der Waals surface area contributed by atoms with Gasteiger partial charge in [0.25, 0.3) is 5.91 Å². The lowest BCUT2D eigenvalue weighted by Crippen LogP contribution is -2.32. The molecule has 0 aliphatic carbocycles. The molecular weight excluding hydrogens is 269 g/mol. The zero-order valence-corrected chi connectivity index (χ0v) is 11.7. The summed E-state index contributed by atoms with van der Waals surface area (Å²) in [6.07, 6.45) is 0.699. The molecule has 0 saturated heterocycles. The number of carbonyl (C=O) groups excluding carboxylic acids is 1. The van der Waals surface area contributed by atoms with Crippen molar-refractivity contribution in [2.75, 3.05) is 5.32 Å². The summed E-state index contributed by atoms with van der Waals surface area (Å²) in [5.41, 5.74) is 2.73. The molecule has 1 unspecified atom stereocenters. The Morgan fingerprint density at radius 3 is 2.90 bits per heavy atom. The molecule has 3 rings (SSSR count). The van der Waals surface area contributed by atoms with Gasteiger partial charge in [-0.25, -0.2) is 4.39 Å². The van der Waals surface area contributed by atoms with Gasteiger partial charge in [-0.3, -0.25) is 4.79 Å². The molecule has 21 heavy (non-hydrogen) atoms. The summed E-state index contributed by atoms with van der Waals surface area (Å²) in [5.74, 6) is -0.141. The maximum absolute atomic E-state index is 13.3. The maximum atomic E-state index is 13.3. The Bertz CT molecular complexity index is 684. The third-order valence-corrected chi connectivity index (χ3v) is 3.66. The highest BCUT2D eigenvalue weighted by Gasteiger charge is 2.25. The van der Waals surface area contributed by atoms with E-state index in [1.54, 1.807) is 6.07 Å². The van der Waals surface area contributed by atoms with Crippen LogP contribution in [0, 0.1) is 12.7 Å². The van der Waals surface area contributed by atoms with Crippen LogP contribution >= 0.6 is 0 Å². The fourth-order valence-corrected chi connectivity index (χ4v) is 2.46. The molecule has 0 spiro atoms. The molecule has 1 heterocycles. The van der Waals surface area contributed by atoms with E-state index < -0.39 is 6.10 Å². The van der Waals surface area contributed by atoms with Gasteiger partial charge in [-0.2, -0.15) is 0 Å². The molecule has 0 bridgehead atoms. The molecule has 2 aromatic rings. The van der Waals surface area contributed by atoms with Crippen molar-refractivity contribution in [1.29, 1.82) is 0 Å². The Morgan fingerprint density at radius 2 is 2.05 bits per heavy atom. The molecule has 3 nitrogen and oxygen atoms in total. The van der Waals surface area contributed by atoms with Gasteiger partial charge in [-0.15, -0.1) is 0 Å². The van der Waals surface area contributed by atoms with Crippen LogP contribution in [0.3, 0.4) is 0 Å². The minimum Gasteiger partial charge on any atom is -0.480 e. The second kappa shape index (κ2) is 5.56. The van der Waals surface area contributed by atoms with Crippen LogP contribution in [0.1, 0.15) is 17.5 Å². The second-order valence-electron chi connectivity index (χ2n) is 5.20. The summed E-state index contributed by atoms with van der Waals surface area (Å²) in [4.78, 5) is 12.2. The van der Waals surface area contributed by atoms with Crippen molar-refractivity contribution in [3.63, 3.8) is 0 Å². The van der Waals surface area contributed by atoms with E-state index in [0.29, 0.717) is 12.2 Å². The van der Waals surface area contributed by atoms with Crippen molar-refractivity contribution in [3.05, 3.63) is 59.4 Å². The largest absolute Gasteiger partial charge is 0.480 e. The number of nitrogens with one attached hydrogen (secondary N) is 1. The summed E-state index contributed by atoms with van der Waals surface area (Å²) in [5, 5.41) is 2.87. The van der Waals surface area contributed by atoms with E-state index in [4.69, 9.17) is 4.74 Å². The van der Waals surface area contributed by atoms with Crippen LogP contribution in [0.25, 0.3) is 0 Å². The van der Waals surface area contributed by atoms with E-state index in [1.165, 1.54) is 12.1 Å². The van der Waals surface area contributed by atoms with Crippen LogP contribution in [-0.4, -0.2) is 12.0 Å². The minimum absolute atomic E-state index is 0.191. The molecule has 4 heteroatoms. The normalized spacial score (nSPS) is 17.6. The van der Waals surface area contributed by atoms with E-state index >= 15 is 0 Å². The van der Waals surface area contributed by atoms with Crippen LogP contribution in [0.15, 0.2) is 42.5 Å². The molecule has 1 aliphatic heterocycles. The number of para-hydroxylation sites is 1. The molecule has 0 saturated carbocycles. The van der Waals surface area contributed by atoms with Gasteiger partial charge in [-0.05, 0) is 43.0 Å². The van der Waals surface area contributed by atoms with Crippen molar-refractivity contribution in [3.8, 4) is 5.75 Å². The molecule has 1 aliphatic rings. The van der Waals surface area contributed by atoms with Gasteiger partial charge in [-0.1, -0.05) is 24.3 Å². The predicted octanol–water partition coefficient (Wildman–Crippen LogP) is 3.47. The fourth-order valence-electron chi connectivity index (χ4n) is 2.46. The van der Waals surface area contributed by atoms with Crippen LogP contribution in [0.4, 0.5) is 10.1 Å². The fraction of sp³-hybridized carbons (Fsp3) is 0.235. The average Bonchev–Trinajstić information content (AvgIpc) is 2.62. The van der Waals surface area contributed by atoms with Gasteiger partial charge in [0.1, 0.15) is 11.6 Å². The van der Waals surface area contributed by atoms with Gasteiger partial charge < -0.3 is 10.1 Å². The number of aryl methyl sites for hydroxylation is 2. The van der Waals surface area contributed by atoms with E-state index in [9.17, 15) is 9.18 Å². The smallest absolute Gasteiger partial charge is 0.265 e. The van der Waals surface area contributed by atoms with Crippen molar-refractivity contribution in [2.24, 2.45) is 0 Å². The number of amides is 1. The SMILES string of the molecule is Cc1ccc(F)cc1OC1CCc2ccccc2NC1=O. The lowest BCUT2D eigenvalue weighted by molar-refractivity contribution is -0.122. The zero-order chi connectivity index (χ0) is 14.8. The van der Waals surface area contributed by atoms with Crippen molar-refractivity contribution < 1.29 is 13.9 Å². The Balaban J connectivity index is 1.81. The molecule has 2 aromatic carbocycles. The number of carbonyl (C=O) groups is 1. The first-order chi connectivity index (χ1) is 10.1. The highest BCUT2D eigenvalue weighted by molar-refractivity contribution is 5.95. The quantitative estimate of drug-likeness (QED) is 0.917. The number of benzene rings is 2. The number of halogens is 1. The van der Waals surface area contributed by atoms with Gasteiger partial charge in [0.05, 0.1) is 0 Å². The van der Waals surface area contributed by atoms with Crippen LogP contribution < -0.4 is 10.1 Å². The van der Waals surface area contributed by atoms with Crippen LogP contribution in [-0.2, 0) is 11.2 Å². The molecule has 0 fully saturated rings. The number of ether oxygens (including phenoxy) is 1. The molecule has 1 amide bonds. The number of hydrogen-bond donors (Lipinski definition) is 1. The maximum Gasteiger partial charge on any atom is 0.265 e. The first-order valence-electron chi connectivity index (χ1n) is 6.95. The predicted molar refractivity (Wildman–Crippen MR) is 78.9 cm³/mol. The van der Waals surface area contributed by atoms with Crippen LogP contribution in [0.2, 0.25) is 0 Å². The third kappa shape index (κ3) is 2.89. The Morgan fingerprint density at radius 1 is 1.24 bits per heavy atom. The highest BCUT2D eigenvalue weighted by Crippen LogP contribution is 2.26. The molecule has 0 aromatic heterocycles. The van der Waals surface area contributed by atoms with E-state index in [0.717, 1.165) is 23.2 Å². The molecule has 0 radical (unpaired) electrons. The standard InChI is InChI=1S/C17H16FNO2/c1-11-6-8-13(18)10-16(11)21-15-9-7-12-4-2-3-5-14(12)19-17(15)20/h2-6,8,10,15H,7,9H2,1H3,(H,19,20). The second-order valence-corrected chi connectivity index (χ2v) is 5.20. The first kappa shape index (κ1) is 13.6. The summed E-state index contributed by atoms with van der Waals surface area (Å²) in [7, 11) is 0. The minimum atomic E-state index is -0.613. The monoisotopic (exact) mass is 285 g/mol. The van der Waals surface area contributed by atoms with Crippen LogP contribution in [0.5, 0.6) is 5.75 Å². The Kier molecular flexibility index (Phi) is 3.60. The topological polar surface area (TPSA) is 38.3 Å². The lowest BCUT2D eigenvalue weighted by Gasteiger charge is -2.17. The highest BCUT2D eigenvalue weighted by atomic mass is 19.1. The lowest BCUT2D eigenvalue weighted by atomic mass is 10.1. The molecule has 1 atom stereocenters. The summed E-state index contributed by atoms with van der Waals surface area (Å²) in [6, 6.07) is 12.0. The number of fused-ring (bicyclic) bond motifs is 1. The number of rotatable bonds is 2. The van der Waals surface area contributed by atoms with Gasteiger partial charge >= 0.3 is 0 Å². The first-order valence-corrected chi connectivity index (χ1v) is 6.95. The third-order valence-electron chi connectivity index (χ3n) is 3.66. The number of anilines is 1. The Hall–Kier alpha value is -2.36. The van der Waals surface area contributed by atoms with E-state index in [1.807, 2.05) is 31.2 Å². The molecular formula is C17H16FNO2. The zero-order valence-electron chi connectivity index (χ0n) is 11.7. The Labute approximate surface area is 122 Å². The average molecular weight is 285 g/mol. The van der Waals surface area contributed by atoms with Crippen molar-refractivity contribution in [1.82, 2.24) is 0 Å². The van der Waals surface area contributed by atoms with Gasteiger partial charge in [0.2, 0.25) is 0 Å². The molecule has 108 valence electrons. The van der Waals surface area contributed by atoms with Gasteiger partial charge in [0.15, 0.2) is 6.10 Å². The summed E-state index contributed by atoms with van der Waals surface area (Å²) in [6.45, 7) is 1.83. The summed E-state index contributed by atoms with van der Waals surface area (Å²) < 4.78 is 19.1. The summed E-state index contributed by atoms with van der Waals surface area (Å²) >= 11 is 0.